The predicted molar refractivity (Wildman–Crippen MR) is 95.4 cm³/mol. The minimum absolute atomic E-state index is 0.163. The Labute approximate surface area is 144 Å². The van der Waals surface area contributed by atoms with Gasteiger partial charge in [0, 0.05) is 6.54 Å². The number of rotatable bonds is 9. The zero-order valence-corrected chi connectivity index (χ0v) is 14.9. The van der Waals surface area contributed by atoms with Crippen LogP contribution in [-0.2, 0) is 6.61 Å². The lowest BCUT2D eigenvalue weighted by Crippen LogP contribution is -2.23. The number of hydrogen-bond acceptors (Lipinski definition) is 3. The molecule has 0 saturated heterocycles. The summed E-state index contributed by atoms with van der Waals surface area (Å²) in [6.07, 6.45) is 4.54. The van der Waals surface area contributed by atoms with Crippen molar-refractivity contribution in [2.24, 2.45) is 0 Å². The topological polar surface area (TPSA) is 51.5 Å². The number of carbonyl (C=O) groups excluding carboxylic acids is 1. The van der Waals surface area contributed by atoms with Gasteiger partial charge in [-0.3, -0.25) is 4.79 Å². The molecule has 1 amide bonds. The molecule has 1 N–H and O–H groups in total. The Morgan fingerprint density at radius 3 is 2.54 bits per heavy atom. The molecule has 0 aliphatic rings. The minimum Gasteiger partial charge on any atom is -0.486 e. The minimum atomic E-state index is -0.163. The molecule has 1 aromatic carbocycles. The van der Waals surface area contributed by atoms with Crippen molar-refractivity contribution in [1.29, 1.82) is 0 Å². The molecule has 0 radical (unpaired) electrons. The Morgan fingerprint density at radius 1 is 1.08 bits per heavy atom. The summed E-state index contributed by atoms with van der Waals surface area (Å²) >= 11 is 0. The van der Waals surface area contributed by atoms with Gasteiger partial charge in [-0.25, -0.2) is 0 Å². The summed E-state index contributed by atoms with van der Waals surface area (Å²) in [5, 5.41) is 2.89. The molecule has 2 aromatic rings. The number of benzene rings is 1. The molecular formula is C20H27NO3. The number of aryl methyl sites for hydroxylation is 2. The van der Waals surface area contributed by atoms with E-state index in [1.807, 2.05) is 26.0 Å². The van der Waals surface area contributed by atoms with Crippen LogP contribution in [0.25, 0.3) is 0 Å². The molecule has 1 aromatic heterocycles. The highest BCUT2D eigenvalue weighted by atomic mass is 16.5. The zero-order valence-electron chi connectivity index (χ0n) is 14.9. The van der Waals surface area contributed by atoms with E-state index >= 15 is 0 Å². The maximum absolute atomic E-state index is 12.0. The molecule has 0 aliphatic heterocycles. The highest BCUT2D eigenvalue weighted by Crippen LogP contribution is 2.18. The van der Waals surface area contributed by atoms with Crippen LogP contribution in [0.1, 0.15) is 60.0 Å². The van der Waals surface area contributed by atoms with Crippen molar-refractivity contribution >= 4 is 5.91 Å². The Morgan fingerprint density at radius 2 is 1.83 bits per heavy atom. The van der Waals surface area contributed by atoms with Crippen LogP contribution < -0.4 is 10.1 Å². The van der Waals surface area contributed by atoms with E-state index in [0.29, 0.717) is 24.7 Å². The lowest BCUT2D eigenvalue weighted by atomic mass is 10.1. The third-order valence-corrected chi connectivity index (χ3v) is 3.78. The van der Waals surface area contributed by atoms with Crippen LogP contribution in [0, 0.1) is 13.8 Å². The SMILES string of the molecule is CCCCCCNC(=O)c1ccc(COc2cc(C)cc(C)c2)o1. The standard InChI is InChI=1S/C20H27NO3/c1-4-5-6-7-10-21-20(22)19-9-8-17(24-19)14-23-18-12-15(2)11-16(3)13-18/h8-9,11-13H,4-7,10,14H2,1-3H3,(H,21,22). The number of ether oxygens (including phenoxy) is 1. The summed E-state index contributed by atoms with van der Waals surface area (Å²) in [6, 6.07) is 9.55. The fourth-order valence-corrected chi connectivity index (χ4v) is 2.59. The van der Waals surface area contributed by atoms with Gasteiger partial charge in [0.15, 0.2) is 5.76 Å². The van der Waals surface area contributed by atoms with Crippen molar-refractivity contribution in [3.63, 3.8) is 0 Å². The summed E-state index contributed by atoms with van der Waals surface area (Å²) in [4.78, 5) is 12.0. The van der Waals surface area contributed by atoms with Gasteiger partial charge in [0.05, 0.1) is 0 Å². The van der Waals surface area contributed by atoms with E-state index in [-0.39, 0.29) is 5.91 Å². The highest BCUT2D eigenvalue weighted by Gasteiger charge is 2.11. The number of hydrogen-bond donors (Lipinski definition) is 1. The van der Waals surface area contributed by atoms with Crippen molar-refractivity contribution in [3.8, 4) is 5.75 Å². The lowest BCUT2D eigenvalue weighted by Gasteiger charge is -2.06. The van der Waals surface area contributed by atoms with E-state index in [2.05, 4.69) is 18.3 Å². The highest BCUT2D eigenvalue weighted by molar-refractivity contribution is 5.91. The molecule has 0 aliphatic carbocycles. The second-order valence-electron chi connectivity index (χ2n) is 6.19. The van der Waals surface area contributed by atoms with Gasteiger partial charge in [0.25, 0.3) is 5.91 Å². The third-order valence-electron chi connectivity index (χ3n) is 3.78. The van der Waals surface area contributed by atoms with E-state index in [1.165, 1.54) is 12.8 Å². The molecule has 0 saturated carbocycles. The van der Waals surface area contributed by atoms with E-state index in [0.717, 1.165) is 29.7 Å². The van der Waals surface area contributed by atoms with Gasteiger partial charge in [0.1, 0.15) is 18.1 Å². The van der Waals surface area contributed by atoms with Crippen LogP contribution >= 0.6 is 0 Å². The molecule has 4 nitrogen and oxygen atoms in total. The van der Waals surface area contributed by atoms with Crippen molar-refractivity contribution < 1.29 is 13.9 Å². The van der Waals surface area contributed by atoms with E-state index in [1.54, 1.807) is 12.1 Å². The number of furan rings is 1. The first-order chi connectivity index (χ1) is 11.6. The van der Waals surface area contributed by atoms with Crippen LogP contribution in [0.3, 0.4) is 0 Å². The molecule has 0 bridgehead atoms. The van der Waals surface area contributed by atoms with Crippen molar-refractivity contribution in [2.75, 3.05) is 6.54 Å². The first-order valence-corrected chi connectivity index (χ1v) is 8.66. The van der Waals surface area contributed by atoms with Crippen LogP contribution in [0.15, 0.2) is 34.7 Å². The zero-order chi connectivity index (χ0) is 17.4. The molecule has 0 unspecified atom stereocenters. The second-order valence-corrected chi connectivity index (χ2v) is 6.19. The van der Waals surface area contributed by atoms with Crippen molar-refractivity contribution in [3.05, 3.63) is 53.0 Å². The molecular weight excluding hydrogens is 302 g/mol. The number of carbonyl (C=O) groups is 1. The molecule has 4 heteroatoms. The first kappa shape index (κ1) is 18.1. The molecule has 0 atom stereocenters. The quantitative estimate of drug-likeness (QED) is 0.673. The maximum Gasteiger partial charge on any atom is 0.286 e. The monoisotopic (exact) mass is 329 g/mol. The van der Waals surface area contributed by atoms with Crippen LogP contribution in [-0.4, -0.2) is 12.5 Å². The summed E-state index contributed by atoms with van der Waals surface area (Å²) in [5.74, 6) is 1.63. The normalized spacial score (nSPS) is 10.6. The van der Waals surface area contributed by atoms with Crippen molar-refractivity contribution in [1.82, 2.24) is 5.32 Å². The predicted octanol–water partition coefficient (Wildman–Crippen LogP) is 4.79. The average Bonchev–Trinajstić information content (AvgIpc) is 3.01. The van der Waals surface area contributed by atoms with Gasteiger partial charge in [-0.05, 0) is 55.7 Å². The molecule has 130 valence electrons. The molecule has 24 heavy (non-hydrogen) atoms. The average molecular weight is 329 g/mol. The molecule has 2 rings (SSSR count). The van der Waals surface area contributed by atoms with Crippen LogP contribution in [0.2, 0.25) is 0 Å². The van der Waals surface area contributed by atoms with E-state index in [4.69, 9.17) is 9.15 Å². The molecule has 0 spiro atoms. The van der Waals surface area contributed by atoms with Gasteiger partial charge in [-0.15, -0.1) is 0 Å². The van der Waals surface area contributed by atoms with Gasteiger partial charge in [-0.1, -0.05) is 32.3 Å². The van der Waals surface area contributed by atoms with Crippen LogP contribution in [0.5, 0.6) is 5.75 Å². The van der Waals surface area contributed by atoms with Crippen LogP contribution in [0.4, 0.5) is 0 Å². The van der Waals surface area contributed by atoms with Gasteiger partial charge < -0.3 is 14.5 Å². The number of amides is 1. The van der Waals surface area contributed by atoms with Crippen molar-refractivity contribution in [2.45, 2.75) is 53.1 Å². The largest absolute Gasteiger partial charge is 0.486 e. The third kappa shape index (κ3) is 5.76. The Bertz CT molecular complexity index is 640. The smallest absolute Gasteiger partial charge is 0.286 e. The lowest BCUT2D eigenvalue weighted by molar-refractivity contribution is 0.0921. The second kappa shape index (κ2) is 9.16. The Hall–Kier alpha value is -2.23. The Balaban J connectivity index is 1.80. The van der Waals surface area contributed by atoms with Gasteiger partial charge >= 0.3 is 0 Å². The molecule has 1 heterocycles. The number of unbranched alkanes of at least 4 members (excludes halogenated alkanes) is 3. The van der Waals surface area contributed by atoms with E-state index < -0.39 is 0 Å². The first-order valence-electron chi connectivity index (χ1n) is 8.66. The fourth-order valence-electron chi connectivity index (χ4n) is 2.59. The molecule has 0 fully saturated rings. The summed E-state index contributed by atoms with van der Waals surface area (Å²) in [5.41, 5.74) is 2.32. The summed E-state index contributed by atoms with van der Waals surface area (Å²) in [6.45, 7) is 7.25. The van der Waals surface area contributed by atoms with Gasteiger partial charge in [0.2, 0.25) is 0 Å². The van der Waals surface area contributed by atoms with E-state index in [9.17, 15) is 4.79 Å². The van der Waals surface area contributed by atoms with Gasteiger partial charge in [-0.2, -0.15) is 0 Å². The Kier molecular flexibility index (Phi) is 6.91. The fraction of sp³-hybridized carbons (Fsp3) is 0.450. The maximum atomic E-state index is 12.0. The summed E-state index contributed by atoms with van der Waals surface area (Å²) in [7, 11) is 0. The number of nitrogens with one attached hydrogen (secondary N) is 1. The summed E-state index contributed by atoms with van der Waals surface area (Å²) < 4.78 is 11.3.